The summed E-state index contributed by atoms with van der Waals surface area (Å²) < 4.78 is 0. The SMILES string of the molecule is [Cl-].[H+].c1ccccc1. The number of halogens is 1. The van der Waals surface area contributed by atoms with E-state index in [1.165, 1.54) is 0 Å². The van der Waals surface area contributed by atoms with E-state index in [1.54, 1.807) is 0 Å². The van der Waals surface area contributed by atoms with E-state index in [2.05, 4.69) is 0 Å². The van der Waals surface area contributed by atoms with Crippen LogP contribution in [-0.2, 0) is 0 Å². The third kappa shape index (κ3) is 2.24. The van der Waals surface area contributed by atoms with Crippen LogP contribution in [0, 0.1) is 0 Å². The lowest BCUT2D eigenvalue weighted by Gasteiger charge is -1.69. The van der Waals surface area contributed by atoms with Crippen LogP contribution in [0.2, 0.25) is 0 Å². The minimum absolute atomic E-state index is 0. The molecule has 0 bridgehead atoms. The summed E-state index contributed by atoms with van der Waals surface area (Å²) in [6.45, 7) is 0. The standard InChI is InChI=1S/C6H6.ClH/c1-2-4-6-5-3-1;/h1-6H;1H. The van der Waals surface area contributed by atoms with E-state index in [9.17, 15) is 0 Å². The van der Waals surface area contributed by atoms with Gasteiger partial charge in [-0.25, -0.2) is 0 Å². The number of hydrogen-bond acceptors (Lipinski definition) is 0. The Hall–Kier alpha value is -0.490. The highest BCUT2D eigenvalue weighted by Crippen LogP contribution is 1.79. The molecule has 0 nitrogen and oxygen atoms in total. The molecular weight excluding hydrogens is 108 g/mol. The van der Waals surface area contributed by atoms with Crippen molar-refractivity contribution < 1.29 is 13.8 Å². The van der Waals surface area contributed by atoms with Gasteiger partial charge < -0.3 is 12.4 Å². The average molecular weight is 115 g/mol. The van der Waals surface area contributed by atoms with Crippen LogP contribution >= 0.6 is 0 Å². The highest BCUT2D eigenvalue weighted by Gasteiger charge is 1.57. The Morgan fingerprint density at radius 1 is 0.571 bits per heavy atom. The molecule has 0 N–H and O–H groups in total. The fraction of sp³-hybridized carbons (Fsp3) is 0. The Bertz CT molecular complexity index is 80.5. The van der Waals surface area contributed by atoms with Crippen LogP contribution in [0.15, 0.2) is 36.4 Å². The molecule has 0 aromatic heterocycles. The zero-order valence-electron chi connectivity index (χ0n) is 4.84. The summed E-state index contributed by atoms with van der Waals surface area (Å²) in [5, 5.41) is 0. The molecule has 0 saturated carbocycles. The monoisotopic (exact) mass is 114 g/mol. The molecule has 1 heteroatoms. The van der Waals surface area contributed by atoms with Gasteiger partial charge in [0.25, 0.3) is 0 Å². The lowest BCUT2D eigenvalue weighted by molar-refractivity contribution is -0.00000120. The largest absolute Gasteiger partial charge is 1.00 e. The van der Waals surface area contributed by atoms with Crippen molar-refractivity contribution in [1.29, 1.82) is 0 Å². The van der Waals surface area contributed by atoms with Gasteiger partial charge in [0.1, 0.15) is 0 Å². The van der Waals surface area contributed by atoms with Crippen molar-refractivity contribution in [3.63, 3.8) is 0 Å². The fourth-order valence-electron chi connectivity index (χ4n) is 0.385. The van der Waals surface area contributed by atoms with E-state index < -0.39 is 0 Å². The Morgan fingerprint density at radius 2 is 0.714 bits per heavy atom. The summed E-state index contributed by atoms with van der Waals surface area (Å²) in [5.41, 5.74) is 0. The summed E-state index contributed by atoms with van der Waals surface area (Å²) in [6.07, 6.45) is 0. The van der Waals surface area contributed by atoms with Crippen molar-refractivity contribution in [2.24, 2.45) is 0 Å². The number of hydrogen-bond donors (Lipinski definition) is 0. The lowest BCUT2D eigenvalue weighted by atomic mass is 10.4. The molecule has 0 atom stereocenters. The van der Waals surface area contributed by atoms with Gasteiger partial charge in [0, 0.05) is 0 Å². The molecule has 0 spiro atoms. The van der Waals surface area contributed by atoms with E-state index in [4.69, 9.17) is 0 Å². The Balaban J connectivity index is 0. The Kier molecular flexibility index (Phi) is 3.43. The first-order valence-corrected chi connectivity index (χ1v) is 2.00. The normalized spacial score (nSPS) is 6.86. The van der Waals surface area contributed by atoms with Crippen LogP contribution in [0.4, 0.5) is 0 Å². The second-order valence-corrected chi connectivity index (χ2v) is 1.15. The Morgan fingerprint density at radius 3 is 0.857 bits per heavy atom. The minimum Gasteiger partial charge on any atom is -1.00 e. The van der Waals surface area contributed by atoms with Gasteiger partial charge in [0.05, 0.1) is 0 Å². The predicted octanol–water partition coefficient (Wildman–Crippen LogP) is -1.20. The van der Waals surface area contributed by atoms with Crippen LogP contribution < -0.4 is 12.4 Å². The van der Waals surface area contributed by atoms with Crippen molar-refractivity contribution in [3.8, 4) is 0 Å². The highest BCUT2D eigenvalue weighted by atomic mass is 35.5. The van der Waals surface area contributed by atoms with Crippen molar-refractivity contribution in [3.05, 3.63) is 36.4 Å². The zero-order chi connectivity index (χ0) is 4.24. The number of rotatable bonds is 0. The second kappa shape index (κ2) is 3.69. The van der Waals surface area contributed by atoms with Gasteiger partial charge in [0.2, 0.25) is 0 Å². The van der Waals surface area contributed by atoms with Crippen LogP contribution in [0.1, 0.15) is 1.43 Å². The van der Waals surface area contributed by atoms with Gasteiger partial charge in [-0.2, -0.15) is 0 Å². The first-order chi connectivity index (χ1) is 3.00. The fourth-order valence-corrected chi connectivity index (χ4v) is 0.385. The van der Waals surface area contributed by atoms with E-state index in [0.29, 0.717) is 0 Å². The smallest absolute Gasteiger partial charge is 1.00 e. The second-order valence-electron chi connectivity index (χ2n) is 1.15. The van der Waals surface area contributed by atoms with Crippen molar-refractivity contribution in [2.75, 3.05) is 0 Å². The van der Waals surface area contributed by atoms with Crippen LogP contribution in [0.3, 0.4) is 0 Å². The van der Waals surface area contributed by atoms with Gasteiger partial charge >= 0.3 is 1.43 Å². The minimum atomic E-state index is 0. The van der Waals surface area contributed by atoms with Gasteiger partial charge in [-0.15, -0.1) is 0 Å². The molecule has 1 aromatic carbocycles. The third-order valence-electron chi connectivity index (χ3n) is 0.667. The van der Waals surface area contributed by atoms with Gasteiger partial charge in [0.15, 0.2) is 0 Å². The highest BCUT2D eigenvalue weighted by molar-refractivity contribution is 4.99. The quantitative estimate of drug-likeness (QED) is 0.398. The molecule has 0 unspecified atom stereocenters. The lowest BCUT2D eigenvalue weighted by Crippen LogP contribution is -3.00. The molecule has 0 saturated heterocycles. The van der Waals surface area contributed by atoms with Crippen LogP contribution in [0.5, 0.6) is 0 Å². The molecule has 0 aliphatic carbocycles. The first-order valence-electron chi connectivity index (χ1n) is 2.00. The van der Waals surface area contributed by atoms with Crippen LogP contribution in [-0.4, -0.2) is 0 Å². The molecule has 7 heavy (non-hydrogen) atoms. The molecule has 0 aliphatic rings. The van der Waals surface area contributed by atoms with Gasteiger partial charge in [-0.1, -0.05) is 36.4 Å². The number of benzene rings is 1. The summed E-state index contributed by atoms with van der Waals surface area (Å²) in [6, 6.07) is 12.0. The molecule has 38 valence electrons. The van der Waals surface area contributed by atoms with E-state index in [1.807, 2.05) is 36.4 Å². The summed E-state index contributed by atoms with van der Waals surface area (Å²) in [5.74, 6) is 0. The van der Waals surface area contributed by atoms with E-state index in [0.717, 1.165) is 0 Å². The third-order valence-corrected chi connectivity index (χ3v) is 0.667. The molecule has 0 aliphatic heterocycles. The maximum atomic E-state index is 2.00. The topological polar surface area (TPSA) is 0 Å². The average Bonchev–Trinajstić information content (AvgIpc) is 1.72. The van der Waals surface area contributed by atoms with E-state index >= 15 is 0 Å². The summed E-state index contributed by atoms with van der Waals surface area (Å²) in [7, 11) is 0. The van der Waals surface area contributed by atoms with Crippen molar-refractivity contribution in [1.82, 2.24) is 0 Å². The predicted molar refractivity (Wildman–Crippen MR) is 27.6 cm³/mol. The summed E-state index contributed by atoms with van der Waals surface area (Å²) >= 11 is 0. The van der Waals surface area contributed by atoms with Crippen LogP contribution in [0.25, 0.3) is 0 Å². The van der Waals surface area contributed by atoms with Gasteiger partial charge in [-0.3, -0.25) is 0 Å². The maximum absolute atomic E-state index is 2.00. The van der Waals surface area contributed by atoms with Gasteiger partial charge in [-0.05, 0) is 0 Å². The molecule has 1 aromatic rings. The molecule has 0 fully saturated rings. The Labute approximate surface area is 51.1 Å². The molecule has 0 amide bonds. The van der Waals surface area contributed by atoms with Crippen molar-refractivity contribution >= 4 is 0 Å². The molecule has 0 heterocycles. The molecular formula is C6H7Cl. The molecule has 1 rings (SSSR count). The zero-order valence-corrected chi connectivity index (χ0v) is 4.60. The first kappa shape index (κ1) is 6.51. The van der Waals surface area contributed by atoms with Crippen molar-refractivity contribution in [2.45, 2.75) is 0 Å². The summed E-state index contributed by atoms with van der Waals surface area (Å²) in [4.78, 5) is 0. The maximum Gasteiger partial charge on any atom is 1.00 e. The van der Waals surface area contributed by atoms with E-state index in [-0.39, 0.29) is 13.8 Å². The molecule has 0 radical (unpaired) electrons.